The fourth-order valence-corrected chi connectivity index (χ4v) is 2.63. The maximum atomic E-state index is 6.27. The Balaban J connectivity index is 1.88. The predicted octanol–water partition coefficient (Wildman–Crippen LogP) is 2.80. The number of morpholine rings is 1. The molecule has 0 radical (unpaired) electrons. The van der Waals surface area contributed by atoms with Gasteiger partial charge in [0.2, 0.25) is 0 Å². The van der Waals surface area contributed by atoms with Gasteiger partial charge in [0.05, 0.1) is 13.7 Å². The SMILES string of the molecule is COc1ccccc1O[C@H](c1ccccc1)[C@H]1CNCCO1. The van der Waals surface area contributed by atoms with E-state index >= 15 is 0 Å². The number of methoxy groups -OCH3 is 1. The van der Waals surface area contributed by atoms with Gasteiger partial charge < -0.3 is 19.5 Å². The van der Waals surface area contributed by atoms with Gasteiger partial charge in [-0.2, -0.15) is 0 Å². The zero-order valence-corrected chi connectivity index (χ0v) is 12.7. The molecule has 0 aromatic heterocycles. The third-order valence-electron chi connectivity index (χ3n) is 3.75. The summed E-state index contributed by atoms with van der Waals surface area (Å²) in [6.07, 6.45) is -0.202. The van der Waals surface area contributed by atoms with E-state index in [1.165, 1.54) is 0 Å². The summed E-state index contributed by atoms with van der Waals surface area (Å²) >= 11 is 0. The second-order valence-electron chi connectivity index (χ2n) is 5.21. The maximum absolute atomic E-state index is 6.27. The summed E-state index contributed by atoms with van der Waals surface area (Å²) in [6, 6.07) is 17.9. The summed E-state index contributed by atoms with van der Waals surface area (Å²) < 4.78 is 17.6. The fourth-order valence-electron chi connectivity index (χ4n) is 2.63. The van der Waals surface area contributed by atoms with Gasteiger partial charge in [-0.05, 0) is 17.7 Å². The molecule has 0 unspecified atom stereocenters. The van der Waals surface area contributed by atoms with Crippen molar-refractivity contribution in [2.75, 3.05) is 26.8 Å². The number of para-hydroxylation sites is 2. The van der Waals surface area contributed by atoms with Gasteiger partial charge in [-0.3, -0.25) is 0 Å². The average molecular weight is 299 g/mol. The number of benzene rings is 2. The van der Waals surface area contributed by atoms with E-state index in [0.29, 0.717) is 6.61 Å². The van der Waals surface area contributed by atoms with Gasteiger partial charge in [-0.15, -0.1) is 0 Å². The molecule has 0 saturated carbocycles. The van der Waals surface area contributed by atoms with Crippen LogP contribution in [0.15, 0.2) is 54.6 Å². The summed E-state index contributed by atoms with van der Waals surface area (Å²) in [6.45, 7) is 2.35. The lowest BCUT2D eigenvalue weighted by molar-refractivity contribution is -0.0438. The van der Waals surface area contributed by atoms with Crippen molar-refractivity contribution in [2.24, 2.45) is 0 Å². The molecule has 1 aliphatic heterocycles. The van der Waals surface area contributed by atoms with E-state index in [4.69, 9.17) is 14.2 Å². The standard InChI is InChI=1S/C18H21NO3/c1-20-15-9-5-6-10-16(15)22-18(14-7-3-2-4-8-14)17-13-19-11-12-21-17/h2-10,17-19H,11-13H2,1H3/t17-,18-/m1/s1. The Labute approximate surface area is 131 Å². The van der Waals surface area contributed by atoms with Crippen LogP contribution >= 0.6 is 0 Å². The molecule has 1 fully saturated rings. The molecule has 0 spiro atoms. The van der Waals surface area contributed by atoms with Crippen LogP contribution in [0, 0.1) is 0 Å². The van der Waals surface area contributed by atoms with Gasteiger partial charge in [-0.1, -0.05) is 42.5 Å². The first-order valence-corrected chi connectivity index (χ1v) is 7.55. The Morgan fingerprint density at radius 3 is 2.45 bits per heavy atom. The molecule has 116 valence electrons. The van der Waals surface area contributed by atoms with Gasteiger partial charge in [-0.25, -0.2) is 0 Å². The summed E-state index contributed by atoms with van der Waals surface area (Å²) in [5.74, 6) is 1.46. The van der Waals surface area contributed by atoms with Gasteiger partial charge in [0.25, 0.3) is 0 Å². The second kappa shape index (κ2) is 7.29. The van der Waals surface area contributed by atoms with Gasteiger partial charge in [0.1, 0.15) is 6.10 Å². The zero-order chi connectivity index (χ0) is 15.2. The van der Waals surface area contributed by atoms with Crippen molar-refractivity contribution in [3.8, 4) is 11.5 Å². The minimum Gasteiger partial charge on any atom is -0.493 e. The van der Waals surface area contributed by atoms with Gasteiger partial charge >= 0.3 is 0 Å². The van der Waals surface area contributed by atoms with Crippen molar-refractivity contribution in [3.05, 3.63) is 60.2 Å². The molecule has 22 heavy (non-hydrogen) atoms. The van der Waals surface area contributed by atoms with Crippen LogP contribution in [0.25, 0.3) is 0 Å². The topological polar surface area (TPSA) is 39.7 Å². The average Bonchev–Trinajstić information content (AvgIpc) is 2.61. The van der Waals surface area contributed by atoms with E-state index in [1.807, 2.05) is 42.5 Å². The quantitative estimate of drug-likeness (QED) is 0.921. The maximum Gasteiger partial charge on any atom is 0.162 e. The molecular formula is C18H21NO3. The molecule has 4 nitrogen and oxygen atoms in total. The molecule has 4 heteroatoms. The van der Waals surface area contributed by atoms with E-state index in [2.05, 4.69) is 17.4 Å². The van der Waals surface area contributed by atoms with E-state index in [-0.39, 0.29) is 12.2 Å². The van der Waals surface area contributed by atoms with Crippen molar-refractivity contribution in [1.82, 2.24) is 5.32 Å². The van der Waals surface area contributed by atoms with Crippen molar-refractivity contribution in [2.45, 2.75) is 12.2 Å². The van der Waals surface area contributed by atoms with Crippen LogP contribution in [0.2, 0.25) is 0 Å². The molecule has 1 N–H and O–H groups in total. The Morgan fingerprint density at radius 2 is 1.77 bits per heavy atom. The molecular weight excluding hydrogens is 278 g/mol. The number of hydrogen-bond donors (Lipinski definition) is 1. The minimum atomic E-state index is -0.176. The molecule has 1 aliphatic rings. The van der Waals surface area contributed by atoms with E-state index in [9.17, 15) is 0 Å². The molecule has 0 amide bonds. The largest absolute Gasteiger partial charge is 0.493 e. The molecule has 1 saturated heterocycles. The van der Waals surface area contributed by atoms with Gasteiger partial charge in [0.15, 0.2) is 17.6 Å². The van der Waals surface area contributed by atoms with Crippen LogP contribution < -0.4 is 14.8 Å². The molecule has 2 aromatic carbocycles. The van der Waals surface area contributed by atoms with E-state index in [0.717, 1.165) is 30.2 Å². The first-order valence-electron chi connectivity index (χ1n) is 7.55. The first-order chi connectivity index (χ1) is 10.9. The highest BCUT2D eigenvalue weighted by Crippen LogP contribution is 2.33. The van der Waals surface area contributed by atoms with Crippen LogP contribution in [0.3, 0.4) is 0 Å². The molecule has 0 bridgehead atoms. The summed E-state index contributed by atoms with van der Waals surface area (Å²) in [5.41, 5.74) is 1.10. The predicted molar refractivity (Wildman–Crippen MR) is 85.4 cm³/mol. The monoisotopic (exact) mass is 299 g/mol. The highest BCUT2D eigenvalue weighted by atomic mass is 16.6. The molecule has 3 rings (SSSR count). The number of ether oxygens (including phenoxy) is 3. The summed E-state index contributed by atoms with van der Waals surface area (Å²) in [7, 11) is 1.65. The van der Waals surface area contributed by atoms with Crippen molar-refractivity contribution in [1.29, 1.82) is 0 Å². The third-order valence-corrected chi connectivity index (χ3v) is 3.75. The Morgan fingerprint density at radius 1 is 1.05 bits per heavy atom. The Hall–Kier alpha value is -2.04. The normalized spacial score (nSPS) is 19.4. The number of hydrogen-bond acceptors (Lipinski definition) is 4. The smallest absolute Gasteiger partial charge is 0.162 e. The van der Waals surface area contributed by atoms with Crippen LogP contribution in [0.1, 0.15) is 11.7 Å². The van der Waals surface area contributed by atoms with Crippen LogP contribution in [0.5, 0.6) is 11.5 Å². The van der Waals surface area contributed by atoms with E-state index < -0.39 is 0 Å². The molecule has 2 atom stereocenters. The lowest BCUT2D eigenvalue weighted by atomic mass is 10.0. The number of rotatable bonds is 5. The van der Waals surface area contributed by atoms with Crippen LogP contribution in [-0.2, 0) is 4.74 Å². The minimum absolute atomic E-state index is 0.0268. The Kier molecular flexibility index (Phi) is 4.93. The Bertz CT molecular complexity index is 582. The summed E-state index contributed by atoms with van der Waals surface area (Å²) in [4.78, 5) is 0. The first kappa shape index (κ1) is 14.9. The highest BCUT2D eigenvalue weighted by Gasteiger charge is 2.28. The fraction of sp³-hybridized carbons (Fsp3) is 0.333. The van der Waals surface area contributed by atoms with Crippen LogP contribution in [0.4, 0.5) is 0 Å². The van der Waals surface area contributed by atoms with Crippen LogP contribution in [-0.4, -0.2) is 32.9 Å². The number of nitrogens with one attached hydrogen (secondary N) is 1. The lowest BCUT2D eigenvalue weighted by Gasteiger charge is -2.32. The molecule has 2 aromatic rings. The lowest BCUT2D eigenvalue weighted by Crippen LogP contribution is -2.43. The third kappa shape index (κ3) is 3.40. The zero-order valence-electron chi connectivity index (χ0n) is 12.7. The van der Waals surface area contributed by atoms with Crippen molar-refractivity contribution >= 4 is 0 Å². The van der Waals surface area contributed by atoms with E-state index in [1.54, 1.807) is 7.11 Å². The van der Waals surface area contributed by atoms with Crippen molar-refractivity contribution < 1.29 is 14.2 Å². The summed E-state index contributed by atoms with van der Waals surface area (Å²) in [5, 5.41) is 3.36. The highest BCUT2D eigenvalue weighted by molar-refractivity contribution is 5.40. The molecule has 0 aliphatic carbocycles. The second-order valence-corrected chi connectivity index (χ2v) is 5.21. The van der Waals surface area contributed by atoms with Gasteiger partial charge in [0, 0.05) is 13.1 Å². The molecule has 1 heterocycles. The van der Waals surface area contributed by atoms with Crippen molar-refractivity contribution in [3.63, 3.8) is 0 Å².